The van der Waals surface area contributed by atoms with E-state index in [9.17, 15) is 4.79 Å². The topological polar surface area (TPSA) is 70.5 Å². The van der Waals surface area contributed by atoms with Gasteiger partial charge in [-0.15, -0.1) is 0 Å². The molecule has 0 bridgehead atoms. The standard InChI is InChI=1S/C9H12N2O4/c1-4-15-8(12)6-5-10-9(14-3)11-7(6)13-2/h5H,4H2,1-3H3. The number of methoxy groups -OCH3 is 2. The highest BCUT2D eigenvalue weighted by molar-refractivity contribution is 5.91. The molecule has 1 heterocycles. The number of hydrogen-bond acceptors (Lipinski definition) is 6. The number of carbonyl (C=O) groups excluding carboxylic acids is 1. The van der Waals surface area contributed by atoms with Crippen molar-refractivity contribution in [3.05, 3.63) is 11.8 Å². The Morgan fingerprint density at radius 1 is 1.40 bits per heavy atom. The minimum Gasteiger partial charge on any atom is -0.480 e. The largest absolute Gasteiger partial charge is 0.480 e. The molecule has 15 heavy (non-hydrogen) atoms. The molecule has 0 fully saturated rings. The summed E-state index contributed by atoms with van der Waals surface area (Å²) >= 11 is 0. The van der Waals surface area contributed by atoms with Crippen LogP contribution in [-0.4, -0.2) is 36.8 Å². The molecule has 0 amide bonds. The van der Waals surface area contributed by atoms with Gasteiger partial charge < -0.3 is 14.2 Å². The molecule has 0 spiro atoms. The molecular weight excluding hydrogens is 200 g/mol. The molecular formula is C9H12N2O4. The maximum absolute atomic E-state index is 11.4. The SMILES string of the molecule is CCOC(=O)c1cnc(OC)nc1OC. The van der Waals surface area contributed by atoms with Gasteiger partial charge in [-0.2, -0.15) is 4.98 Å². The number of aromatic nitrogens is 2. The summed E-state index contributed by atoms with van der Waals surface area (Å²) in [5.74, 6) is -0.377. The summed E-state index contributed by atoms with van der Waals surface area (Å²) in [6.45, 7) is 2.00. The normalized spacial score (nSPS) is 9.53. The highest BCUT2D eigenvalue weighted by Gasteiger charge is 2.16. The second kappa shape index (κ2) is 5.14. The third kappa shape index (κ3) is 2.55. The molecule has 0 atom stereocenters. The van der Waals surface area contributed by atoms with E-state index in [0.717, 1.165) is 0 Å². The lowest BCUT2D eigenvalue weighted by molar-refractivity contribution is 0.0521. The van der Waals surface area contributed by atoms with E-state index in [4.69, 9.17) is 14.2 Å². The lowest BCUT2D eigenvalue weighted by Gasteiger charge is -2.06. The molecule has 82 valence electrons. The summed E-state index contributed by atoms with van der Waals surface area (Å²) in [6.07, 6.45) is 1.31. The van der Waals surface area contributed by atoms with Crippen LogP contribution in [0, 0.1) is 0 Å². The van der Waals surface area contributed by atoms with Crippen molar-refractivity contribution in [1.29, 1.82) is 0 Å². The highest BCUT2D eigenvalue weighted by Crippen LogP contribution is 2.17. The molecule has 0 saturated carbocycles. The molecule has 1 rings (SSSR count). The zero-order chi connectivity index (χ0) is 11.3. The average molecular weight is 212 g/mol. The van der Waals surface area contributed by atoms with Crippen molar-refractivity contribution in [1.82, 2.24) is 9.97 Å². The number of carbonyl (C=O) groups is 1. The predicted octanol–water partition coefficient (Wildman–Crippen LogP) is 0.670. The second-order valence-corrected chi connectivity index (χ2v) is 2.50. The quantitative estimate of drug-likeness (QED) is 0.683. The summed E-state index contributed by atoms with van der Waals surface area (Å²) in [5.41, 5.74) is 0.181. The Balaban J connectivity index is 3.02. The van der Waals surface area contributed by atoms with Gasteiger partial charge in [0.1, 0.15) is 5.56 Å². The Hall–Kier alpha value is -1.85. The summed E-state index contributed by atoms with van der Waals surface area (Å²) < 4.78 is 14.5. The minimum atomic E-state index is -0.517. The van der Waals surface area contributed by atoms with Crippen LogP contribution in [0.25, 0.3) is 0 Å². The molecule has 6 nitrogen and oxygen atoms in total. The first-order valence-electron chi connectivity index (χ1n) is 4.35. The summed E-state index contributed by atoms with van der Waals surface area (Å²) in [5, 5.41) is 0. The maximum atomic E-state index is 11.4. The summed E-state index contributed by atoms with van der Waals surface area (Å²) in [4.78, 5) is 19.1. The van der Waals surface area contributed by atoms with Crippen LogP contribution >= 0.6 is 0 Å². The Labute approximate surface area is 87.2 Å². The monoisotopic (exact) mass is 212 g/mol. The van der Waals surface area contributed by atoms with Crippen LogP contribution in [0.5, 0.6) is 11.9 Å². The lowest BCUT2D eigenvalue weighted by atomic mass is 10.3. The van der Waals surface area contributed by atoms with E-state index in [1.165, 1.54) is 20.4 Å². The van der Waals surface area contributed by atoms with E-state index >= 15 is 0 Å². The third-order valence-electron chi connectivity index (χ3n) is 1.60. The van der Waals surface area contributed by atoms with Gasteiger partial charge in [0.15, 0.2) is 0 Å². The molecule has 1 aromatic heterocycles. The van der Waals surface area contributed by atoms with Gasteiger partial charge in [-0.25, -0.2) is 9.78 Å². The Bertz CT molecular complexity index is 354. The Kier molecular flexibility index (Phi) is 3.84. The Morgan fingerprint density at radius 3 is 2.67 bits per heavy atom. The van der Waals surface area contributed by atoms with E-state index in [1.807, 2.05) is 0 Å². The van der Waals surface area contributed by atoms with E-state index in [2.05, 4.69) is 9.97 Å². The van der Waals surface area contributed by atoms with Crippen LogP contribution in [0.1, 0.15) is 17.3 Å². The molecule has 0 saturated heterocycles. The van der Waals surface area contributed by atoms with Crippen molar-refractivity contribution in [3.63, 3.8) is 0 Å². The fourth-order valence-corrected chi connectivity index (χ4v) is 0.954. The molecule has 1 aromatic rings. The molecule has 0 aliphatic rings. The van der Waals surface area contributed by atoms with Gasteiger partial charge in [-0.3, -0.25) is 0 Å². The first-order chi connectivity index (χ1) is 7.22. The first kappa shape index (κ1) is 11.2. The molecule has 0 radical (unpaired) electrons. The number of nitrogens with zero attached hydrogens (tertiary/aromatic N) is 2. The average Bonchev–Trinajstić information content (AvgIpc) is 2.28. The fraction of sp³-hybridized carbons (Fsp3) is 0.444. The van der Waals surface area contributed by atoms with E-state index < -0.39 is 5.97 Å². The van der Waals surface area contributed by atoms with Crippen LogP contribution in [0.3, 0.4) is 0 Å². The van der Waals surface area contributed by atoms with Gasteiger partial charge in [0.05, 0.1) is 27.0 Å². The van der Waals surface area contributed by atoms with E-state index in [-0.39, 0.29) is 24.1 Å². The number of ether oxygens (including phenoxy) is 3. The number of rotatable bonds is 4. The number of hydrogen-bond donors (Lipinski definition) is 0. The van der Waals surface area contributed by atoms with Crippen molar-refractivity contribution in [2.75, 3.05) is 20.8 Å². The van der Waals surface area contributed by atoms with Crippen LogP contribution in [0.4, 0.5) is 0 Å². The molecule has 6 heteroatoms. The van der Waals surface area contributed by atoms with Gasteiger partial charge in [0.2, 0.25) is 5.88 Å². The molecule has 0 unspecified atom stereocenters. The smallest absolute Gasteiger partial charge is 0.345 e. The molecule has 0 N–H and O–H groups in total. The van der Waals surface area contributed by atoms with E-state index in [1.54, 1.807) is 6.92 Å². The molecule has 0 aliphatic heterocycles. The summed E-state index contributed by atoms with van der Waals surface area (Å²) in [6, 6.07) is 0.139. The maximum Gasteiger partial charge on any atom is 0.345 e. The second-order valence-electron chi connectivity index (χ2n) is 2.50. The van der Waals surface area contributed by atoms with Crippen LogP contribution in [-0.2, 0) is 4.74 Å². The van der Waals surface area contributed by atoms with Crippen molar-refractivity contribution >= 4 is 5.97 Å². The zero-order valence-corrected chi connectivity index (χ0v) is 8.81. The van der Waals surface area contributed by atoms with Gasteiger partial charge in [0, 0.05) is 0 Å². The number of esters is 1. The van der Waals surface area contributed by atoms with E-state index in [0.29, 0.717) is 0 Å². The zero-order valence-electron chi connectivity index (χ0n) is 8.81. The van der Waals surface area contributed by atoms with Crippen LogP contribution < -0.4 is 9.47 Å². The highest BCUT2D eigenvalue weighted by atomic mass is 16.5. The van der Waals surface area contributed by atoms with Gasteiger partial charge >= 0.3 is 12.0 Å². The predicted molar refractivity (Wildman–Crippen MR) is 51.1 cm³/mol. The first-order valence-corrected chi connectivity index (χ1v) is 4.35. The van der Waals surface area contributed by atoms with Gasteiger partial charge in [0.25, 0.3) is 0 Å². The van der Waals surface area contributed by atoms with Crippen LogP contribution in [0.2, 0.25) is 0 Å². The molecule has 0 aliphatic carbocycles. The lowest BCUT2D eigenvalue weighted by Crippen LogP contribution is -2.09. The van der Waals surface area contributed by atoms with Gasteiger partial charge in [-0.1, -0.05) is 0 Å². The molecule has 0 aromatic carbocycles. The Morgan fingerprint density at radius 2 is 2.13 bits per heavy atom. The summed E-state index contributed by atoms with van der Waals surface area (Å²) in [7, 11) is 2.84. The van der Waals surface area contributed by atoms with Crippen molar-refractivity contribution in [3.8, 4) is 11.9 Å². The van der Waals surface area contributed by atoms with Crippen molar-refractivity contribution in [2.24, 2.45) is 0 Å². The van der Waals surface area contributed by atoms with Crippen LogP contribution in [0.15, 0.2) is 6.20 Å². The minimum absolute atomic E-state index is 0.139. The van der Waals surface area contributed by atoms with Gasteiger partial charge in [-0.05, 0) is 6.92 Å². The third-order valence-corrected chi connectivity index (χ3v) is 1.60. The van der Waals surface area contributed by atoms with Crippen molar-refractivity contribution in [2.45, 2.75) is 6.92 Å². The van der Waals surface area contributed by atoms with Crippen molar-refractivity contribution < 1.29 is 19.0 Å². The fourth-order valence-electron chi connectivity index (χ4n) is 0.954.